The van der Waals surface area contributed by atoms with Crippen LogP contribution < -0.4 is 14.8 Å². The normalized spacial score (nSPS) is 19.6. The summed E-state index contributed by atoms with van der Waals surface area (Å²) in [6, 6.07) is 6.80. The number of benzene rings is 1. The van der Waals surface area contributed by atoms with Gasteiger partial charge < -0.3 is 14.8 Å². The molecule has 1 fully saturated rings. The van der Waals surface area contributed by atoms with Crippen LogP contribution in [-0.2, 0) is 6.42 Å². The Morgan fingerprint density at radius 1 is 1.11 bits per heavy atom. The van der Waals surface area contributed by atoms with Crippen molar-refractivity contribution in [3.05, 3.63) is 23.8 Å². The van der Waals surface area contributed by atoms with Crippen molar-refractivity contribution in [3.63, 3.8) is 0 Å². The van der Waals surface area contributed by atoms with Gasteiger partial charge >= 0.3 is 0 Å². The zero-order valence-electron chi connectivity index (χ0n) is 11.4. The minimum atomic E-state index is 0.677. The van der Waals surface area contributed by atoms with Crippen molar-refractivity contribution in [2.45, 2.75) is 38.1 Å². The van der Waals surface area contributed by atoms with E-state index in [1.807, 2.05) is 6.07 Å². The average molecular weight is 249 g/mol. The highest BCUT2D eigenvalue weighted by atomic mass is 16.5. The maximum Gasteiger partial charge on any atom is 0.122 e. The van der Waals surface area contributed by atoms with E-state index in [4.69, 9.17) is 9.47 Å². The molecule has 18 heavy (non-hydrogen) atoms. The van der Waals surface area contributed by atoms with Crippen molar-refractivity contribution >= 4 is 0 Å². The predicted octanol–water partition coefficient (Wildman–Crippen LogP) is 2.78. The van der Waals surface area contributed by atoms with Gasteiger partial charge in [0, 0.05) is 12.1 Å². The van der Waals surface area contributed by atoms with E-state index in [1.165, 1.54) is 37.8 Å². The molecule has 0 spiro atoms. The lowest BCUT2D eigenvalue weighted by atomic mass is 9.98. The molecular formula is C15H23NO2. The SMILES string of the molecule is COc1cc(CCC2CCCCN2)cc(OC)c1. The summed E-state index contributed by atoms with van der Waals surface area (Å²) in [6.07, 6.45) is 6.26. The van der Waals surface area contributed by atoms with Gasteiger partial charge in [-0.3, -0.25) is 0 Å². The Bertz CT molecular complexity index is 351. The van der Waals surface area contributed by atoms with Crippen LogP contribution in [0.5, 0.6) is 11.5 Å². The molecule has 1 aliphatic rings. The van der Waals surface area contributed by atoms with Crippen LogP contribution in [0.4, 0.5) is 0 Å². The van der Waals surface area contributed by atoms with E-state index in [1.54, 1.807) is 14.2 Å². The number of nitrogens with one attached hydrogen (secondary N) is 1. The van der Waals surface area contributed by atoms with Crippen LogP contribution in [0.1, 0.15) is 31.2 Å². The molecule has 0 radical (unpaired) electrons. The van der Waals surface area contributed by atoms with Crippen LogP contribution >= 0.6 is 0 Å². The molecule has 0 saturated carbocycles. The Balaban J connectivity index is 1.94. The molecule has 1 saturated heterocycles. The molecule has 1 aromatic rings. The highest BCUT2D eigenvalue weighted by Crippen LogP contribution is 2.24. The standard InChI is InChI=1S/C15H23NO2/c1-17-14-9-12(10-15(11-14)18-2)6-7-13-5-3-4-8-16-13/h9-11,13,16H,3-8H2,1-2H3. The number of hydrogen-bond acceptors (Lipinski definition) is 3. The molecule has 2 rings (SSSR count). The van der Waals surface area contributed by atoms with E-state index in [9.17, 15) is 0 Å². The van der Waals surface area contributed by atoms with E-state index in [2.05, 4.69) is 17.4 Å². The predicted molar refractivity (Wildman–Crippen MR) is 73.5 cm³/mol. The van der Waals surface area contributed by atoms with Crippen LogP contribution in [0.3, 0.4) is 0 Å². The first-order valence-corrected chi connectivity index (χ1v) is 6.77. The molecule has 0 aromatic heterocycles. The highest BCUT2D eigenvalue weighted by Gasteiger charge is 2.12. The number of aryl methyl sites for hydroxylation is 1. The van der Waals surface area contributed by atoms with Crippen molar-refractivity contribution in [3.8, 4) is 11.5 Å². The van der Waals surface area contributed by atoms with Gasteiger partial charge in [0.25, 0.3) is 0 Å². The number of hydrogen-bond donors (Lipinski definition) is 1. The number of ether oxygens (including phenoxy) is 2. The Hall–Kier alpha value is -1.22. The fourth-order valence-corrected chi connectivity index (χ4v) is 2.52. The molecule has 3 nitrogen and oxygen atoms in total. The molecule has 0 aliphatic carbocycles. The van der Waals surface area contributed by atoms with Gasteiger partial charge in [0.15, 0.2) is 0 Å². The molecule has 1 unspecified atom stereocenters. The van der Waals surface area contributed by atoms with E-state index < -0.39 is 0 Å². The van der Waals surface area contributed by atoms with E-state index >= 15 is 0 Å². The Morgan fingerprint density at radius 3 is 2.39 bits per heavy atom. The first kappa shape index (κ1) is 13.2. The zero-order chi connectivity index (χ0) is 12.8. The van der Waals surface area contributed by atoms with Crippen LogP contribution in [0.15, 0.2) is 18.2 Å². The van der Waals surface area contributed by atoms with Gasteiger partial charge in [-0.1, -0.05) is 6.42 Å². The Kier molecular flexibility index (Phi) is 4.88. The third kappa shape index (κ3) is 3.64. The maximum absolute atomic E-state index is 5.29. The summed E-state index contributed by atoms with van der Waals surface area (Å²) in [4.78, 5) is 0. The molecule has 1 heterocycles. The van der Waals surface area contributed by atoms with Crippen molar-refractivity contribution in [2.75, 3.05) is 20.8 Å². The molecule has 0 amide bonds. The van der Waals surface area contributed by atoms with Gasteiger partial charge in [-0.15, -0.1) is 0 Å². The van der Waals surface area contributed by atoms with Crippen molar-refractivity contribution in [1.29, 1.82) is 0 Å². The van der Waals surface area contributed by atoms with Crippen LogP contribution in [0.25, 0.3) is 0 Å². The lowest BCUT2D eigenvalue weighted by molar-refractivity contribution is 0.379. The molecule has 3 heteroatoms. The summed E-state index contributed by atoms with van der Waals surface area (Å²) in [5, 5.41) is 3.58. The van der Waals surface area contributed by atoms with Gasteiger partial charge in [0.2, 0.25) is 0 Å². The molecule has 1 N–H and O–H groups in total. The van der Waals surface area contributed by atoms with Gasteiger partial charge in [-0.2, -0.15) is 0 Å². The first-order valence-electron chi connectivity index (χ1n) is 6.77. The monoisotopic (exact) mass is 249 g/mol. The van der Waals surface area contributed by atoms with E-state index in [-0.39, 0.29) is 0 Å². The summed E-state index contributed by atoms with van der Waals surface area (Å²) in [5.74, 6) is 1.75. The van der Waals surface area contributed by atoms with Crippen molar-refractivity contribution in [1.82, 2.24) is 5.32 Å². The second-order valence-corrected chi connectivity index (χ2v) is 4.91. The molecule has 0 bridgehead atoms. The smallest absolute Gasteiger partial charge is 0.122 e. The summed E-state index contributed by atoms with van der Waals surface area (Å²) >= 11 is 0. The maximum atomic E-state index is 5.29. The quantitative estimate of drug-likeness (QED) is 0.870. The van der Waals surface area contributed by atoms with Crippen molar-refractivity contribution in [2.24, 2.45) is 0 Å². The molecule has 1 atom stereocenters. The first-order chi connectivity index (χ1) is 8.81. The lowest BCUT2D eigenvalue weighted by Crippen LogP contribution is -2.34. The van der Waals surface area contributed by atoms with Crippen LogP contribution in [0, 0.1) is 0 Å². The highest BCUT2D eigenvalue weighted by molar-refractivity contribution is 5.38. The van der Waals surface area contributed by atoms with E-state index in [0.717, 1.165) is 17.9 Å². The molecule has 100 valence electrons. The third-order valence-electron chi connectivity index (χ3n) is 3.61. The summed E-state index contributed by atoms with van der Waals surface area (Å²) in [7, 11) is 3.39. The molecule has 1 aromatic carbocycles. The molecule has 1 aliphatic heterocycles. The second kappa shape index (κ2) is 6.64. The number of piperidine rings is 1. The minimum absolute atomic E-state index is 0.677. The third-order valence-corrected chi connectivity index (χ3v) is 3.61. The topological polar surface area (TPSA) is 30.5 Å². The fraction of sp³-hybridized carbons (Fsp3) is 0.600. The number of methoxy groups -OCH3 is 2. The van der Waals surface area contributed by atoms with Gasteiger partial charge in [0.05, 0.1) is 14.2 Å². The minimum Gasteiger partial charge on any atom is -0.497 e. The van der Waals surface area contributed by atoms with Crippen molar-refractivity contribution < 1.29 is 9.47 Å². The van der Waals surface area contributed by atoms with E-state index in [0.29, 0.717) is 6.04 Å². The van der Waals surface area contributed by atoms with Crippen LogP contribution in [0.2, 0.25) is 0 Å². The fourth-order valence-electron chi connectivity index (χ4n) is 2.52. The van der Waals surface area contributed by atoms with Gasteiger partial charge in [-0.25, -0.2) is 0 Å². The zero-order valence-corrected chi connectivity index (χ0v) is 11.4. The Morgan fingerprint density at radius 2 is 1.83 bits per heavy atom. The largest absolute Gasteiger partial charge is 0.497 e. The summed E-state index contributed by atoms with van der Waals surface area (Å²) in [5.41, 5.74) is 1.29. The average Bonchev–Trinajstić information content (AvgIpc) is 2.45. The number of rotatable bonds is 5. The second-order valence-electron chi connectivity index (χ2n) is 4.91. The van der Waals surface area contributed by atoms with Gasteiger partial charge in [-0.05, 0) is 49.9 Å². The lowest BCUT2D eigenvalue weighted by Gasteiger charge is -2.23. The summed E-state index contributed by atoms with van der Waals surface area (Å²) in [6.45, 7) is 1.17. The van der Waals surface area contributed by atoms with Crippen LogP contribution in [-0.4, -0.2) is 26.8 Å². The Labute approximate surface area is 109 Å². The van der Waals surface area contributed by atoms with Gasteiger partial charge in [0.1, 0.15) is 11.5 Å². The molecular weight excluding hydrogens is 226 g/mol. The summed E-state index contributed by atoms with van der Waals surface area (Å²) < 4.78 is 10.6.